The lowest BCUT2D eigenvalue weighted by atomic mass is 10.0. The maximum Gasteiger partial charge on any atom is 0.330 e. The molecule has 0 atom stereocenters. The Morgan fingerprint density at radius 2 is 1.79 bits per heavy atom. The number of H-pyrrole nitrogens is 1. The predicted octanol–water partition coefficient (Wildman–Crippen LogP) is 4.44. The number of hydrogen-bond acceptors (Lipinski definition) is 2. The van der Waals surface area contributed by atoms with Crippen molar-refractivity contribution >= 4 is 22.9 Å². The number of carbonyl (C=O) groups excluding carboxylic acids is 1. The quantitative estimate of drug-likeness (QED) is 0.569. The number of aromatic nitrogens is 1. The molecule has 1 N–H and O–H groups in total. The standard InChI is InChI=1S/C18H12F3NO2/c1-24-16(23)7-6-13-14-8-12(20)9-15(21)18(14)22-17(13)10-2-4-11(19)5-3-10/h2-9,22H,1H3/b7-6+. The minimum absolute atomic E-state index is 0.0974. The van der Waals surface area contributed by atoms with Gasteiger partial charge in [-0.3, -0.25) is 0 Å². The predicted molar refractivity (Wildman–Crippen MR) is 84.7 cm³/mol. The molecular formula is C18H12F3NO2. The van der Waals surface area contributed by atoms with E-state index in [0.717, 1.165) is 12.1 Å². The molecule has 0 bridgehead atoms. The highest BCUT2D eigenvalue weighted by Gasteiger charge is 2.16. The second-order valence-electron chi connectivity index (χ2n) is 5.09. The number of rotatable bonds is 3. The zero-order valence-corrected chi connectivity index (χ0v) is 12.6. The molecule has 1 heterocycles. The van der Waals surface area contributed by atoms with Gasteiger partial charge in [-0.2, -0.15) is 0 Å². The lowest BCUT2D eigenvalue weighted by Gasteiger charge is -2.01. The summed E-state index contributed by atoms with van der Waals surface area (Å²) in [6.45, 7) is 0. The molecule has 6 heteroatoms. The number of methoxy groups -OCH3 is 1. The Morgan fingerprint density at radius 3 is 2.46 bits per heavy atom. The van der Waals surface area contributed by atoms with Crippen LogP contribution < -0.4 is 0 Å². The minimum Gasteiger partial charge on any atom is -0.466 e. The molecule has 0 spiro atoms. The van der Waals surface area contributed by atoms with Crippen molar-refractivity contribution in [3.63, 3.8) is 0 Å². The van der Waals surface area contributed by atoms with E-state index in [1.165, 1.54) is 43.5 Å². The molecular weight excluding hydrogens is 319 g/mol. The van der Waals surface area contributed by atoms with E-state index in [4.69, 9.17) is 0 Å². The van der Waals surface area contributed by atoms with Crippen molar-refractivity contribution in [2.24, 2.45) is 0 Å². The summed E-state index contributed by atoms with van der Waals surface area (Å²) in [7, 11) is 1.22. The van der Waals surface area contributed by atoms with Crippen molar-refractivity contribution in [3.8, 4) is 11.3 Å². The molecule has 0 radical (unpaired) electrons. The molecule has 0 aliphatic rings. The molecule has 0 saturated heterocycles. The van der Waals surface area contributed by atoms with Crippen LogP contribution in [0.3, 0.4) is 0 Å². The van der Waals surface area contributed by atoms with Crippen LogP contribution in [0.2, 0.25) is 0 Å². The molecule has 0 aliphatic heterocycles. The molecule has 3 aromatic rings. The van der Waals surface area contributed by atoms with Gasteiger partial charge in [0.05, 0.1) is 18.3 Å². The SMILES string of the molecule is COC(=O)/C=C/c1c(-c2ccc(F)cc2)[nH]c2c(F)cc(F)cc12. The maximum atomic E-state index is 14.0. The van der Waals surface area contributed by atoms with Gasteiger partial charge >= 0.3 is 5.97 Å². The number of nitrogens with one attached hydrogen (secondary N) is 1. The van der Waals surface area contributed by atoms with Gasteiger partial charge in [0.15, 0.2) is 0 Å². The highest BCUT2D eigenvalue weighted by atomic mass is 19.1. The molecule has 2 aromatic carbocycles. The molecule has 0 amide bonds. The number of hydrogen-bond donors (Lipinski definition) is 1. The van der Waals surface area contributed by atoms with E-state index in [-0.39, 0.29) is 10.9 Å². The van der Waals surface area contributed by atoms with E-state index in [0.29, 0.717) is 16.8 Å². The molecule has 0 fully saturated rings. The third kappa shape index (κ3) is 2.90. The van der Waals surface area contributed by atoms with E-state index in [9.17, 15) is 18.0 Å². The minimum atomic E-state index is -0.758. The average molecular weight is 331 g/mol. The summed E-state index contributed by atoms with van der Waals surface area (Å²) in [5.74, 6) is -2.52. The number of benzene rings is 2. The van der Waals surface area contributed by atoms with Crippen molar-refractivity contribution < 1.29 is 22.7 Å². The Labute approximate surface area is 135 Å². The molecule has 122 valence electrons. The second-order valence-corrected chi connectivity index (χ2v) is 5.09. The molecule has 3 rings (SSSR count). The number of aromatic amines is 1. The fourth-order valence-corrected chi connectivity index (χ4v) is 2.48. The number of esters is 1. The zero-order valence-electron chi connectivity index (χ0n) is 12.6. The highest BCUT2D eigenvalue weighted by Crippen LogP contribution is 2.33. The van der Waals surface area contributed by atoms with Crippen LogP contribution in [0.1, 0.15) is 5.56 Å². The number of carbonyl (C=O) groups is 1. The van der Waals surface area contributed by atoms with E-state index in [2.05, 4.69) is 9.72 Å². The Hall–Kier alpha value is -3.02. The van der Waals surface area contributed by atoms with Crippen LogP contribution in [-0.4, -0.2) is 18.1 Å². The average Bonchev–Trinajstić information content (AvgIpc) is 2.92. The Balaban J connectivity index is 2.27. The topological polar surface area (TPSA) is 42.1 Å². The second kappa shape index (κ2) is 6.23. The lowest BCUT2D eigenvalue weighted by molar-refractivity contribution is -0.134. The van der Waals surface area contributed by atoms with Crippen LogP contribution >= 0.6 is 0 Å². The largest absolute Gasteiger partial charge is 0.466 e. The fraction of sp³-hybridized carbons (Fsp3) is 0.0556. The third-order valence-electron chi connectivity index (χ3n) is 3.58. The summed E-state index contributed by atoms with van der Waals surface area (Å²) in [5, 5.41) is 0.270. The number of ether oxygens (including phenoxy) is 1. The summed E-state index contributed by atoms with van der Waals surface area (Å²) >= 11 is 0. The number of fused-ring (bicyclic) bond motifs is 1. The summed E-state index contributed by atoms with van der Waals surface area (Å²) in [4.78, 5) is 14.2. The van der Waals surface area contributed by atoms with E-state index in [1.807, 2.05) is 0 Å². The molecule has 0 unspecified atom stereocenters. The molecule has 1 aromatic heterocycles. The molecule has 24 heavy (non-hydrogen) atoms. The van der Waals surface area contributed by atoms with Crippen molar-refractivity contribution in [1.82, 2.24) is 4.98 Å². The van der Waals surface area contributed by atoms with Crippen molar-refractivity contribution in [3.05, 3.63) is 65.5 Å². The van der Waals surface area contributed by atoms with Gasteiger partial charge in [-0.05, 0) is 42.0 Å². The Morgan fingerprint density at radius 1 is 1.08 bits per heavy atom. The van der Waals surface area contributed by atoms with Gasteiger partial charge in [-0.25, -0.2) is 18.0 Å². The van der Waals surface area contributed by atoms with Gasteiger partial charge in [0, 0.05) is 23.1 Å². The first-order valence-electron chi connectivity index (χ1n) is 7.02. The van der Waals surface area contributed by atoms with Crippen LogP contribution in [0.5, 0.6) is 0 Å². The van der Waals surface area contributed by atoms with E-state index < -0.39 is 23.4 Å². The molecule has 3 nitrogen and oxygen atoms in total. The molecule has 0 aliphatic carbocycles. The van der Waals surface area contributed by atoms with Gasteiger partial charge in [0.1, 0.15) is 17.5 Å². The maximum absolute atomic E-state index is 14.0. The van der Waals surface area contributed by atoms with Gasteiger partial charge in [0.25, 0.3) is 0 Å². The first kappa shape index (κ1) is 15.9. The monoisotopic (exact) mass is 331 g/mol. The molecule has 0 saturated carbocycles. The van der Waals surface area contributed by atoms with Gasteiger partial charge in [-0.15, -0.1) is 0 Å². The lowest BCUT2D eigenvalue weighted by Crippen LogP contribution is -1.93. The van der Waals surface area contributed by atoms with Crippen LogP contribution in [0.15, 0.2) is 42.5 Å². The van der Waals surface area contributed by atoms with E-state index in [1.54, 1.807) is 0 Å². The van der Waals surface area contributed by atoms with Crippen LogP contribution in [0.4, 0.5) is 13.2 Å². The normalized spacial score (nSPS) is 11.3. The Bertz CT molecular complexity index is 943. The smallest absolute Gasteiger partial charge is 0.330 e. The van der Waals surface area contributed by atoms with Crippen molar-refractivity contribution in [2.75, 3.05) is 7.11 Å². The zero-order chi connectivity index (χ0) is 17.3. The van der Waals surface area contributed by atoms with Gasteiger partial charge in [-0.1, -0.05) is 0 Å². The third-order valence-corrected chi connectivity index (χ3v) is 3.58. The Kier molecular flexibility index (Phi) is 4.12. The highest BCUT2D eigenvalue weighted by molar-refractivity contribution is 6.00. The van der Waals surface area contributed by atoms with Gasteiger partial charge < -0.3 is 9.72 Å². The summed E-state index contributed by atoms with van der Waals surface area (Å²) in [6.07, 6.45) is 2.56. The summed E-state index contributed by atoms with van der Waals surface area (Å²) < 4.78 is 45.3. The van der Waals surface area contributed by atoms with Crippen LogP contribution in [0.25, 0.3) is 28.2 Å². The van der Waals surface area contributed by atoms with Crippen molar-refractivity contribution in [2.45, 2.75) is 0 Å². The fourth-order valence-electron chi connectivity index (χ4n) is 2.48. The van der Waals surface area contributed by atoms with Crippen LogP contribution in [0, 0.1) is 17.5 Å². The van der Waals surface area contributed by atoms with Gasteiger partial charge in [0.2, 0.25) is 0 Å². The van der Waals surface area contributed by atoms with E-state index >= 15 is 0 Å². The first-order valence-corrected chi connectivity index (χ1v) is 7.02. The van der Waals surface area contributed by atoms with Crippen LogP contribution in [-0.2, 0) is 9.53 Å². The number of halogens is 3. The first-order chi connectivity index (χ1) is 11.5. The summed E-state index contributed by atoms with van der Waals surface area (Å²) in [6, 6.07) is 7.45. The summed E-state index contributed by atoms with van der Waals surface area (Å²) in [5.41, 5.74) is 1.51. The van der Waals surface area contributed by atoms with Crippen molar-refractivity contribution in [1.29, 1.82) is 0 Å².